The summed E-state index contributed by atoms with van der Waals surface area (Å²) in [5, 5.41) is 10.2. The van der Waals surface area contributed by atoms with E-state index in [1.54, 1.807) is 19.1 Å². The number of rotatable bonds is 2. The number of benzene rings is 1. The number of aryl methyl sites for hydroxylation is 1. The highest BCUT2D eigenvalue weighted by Crippen LogP contribution is 2.23. The summed E-state index contributed by atoms with van der Waals surface area (Å²) in [5.74, 6) is 0.551. The van der Waals surface area contributed by atoms with E-state index in [1.165, 1.54) is 12.1 Å². The Balaban J connectivity index is 2.01. The Morgan fingerprint density at radius 3 is 2.79 bits per heavy atom. The van der Waals surface area contributed by atoms with Crippen LogP contribution in [0, 0.1) is 12.7 Å². The molecule has 0 amide bonds. The highest BCUT2D eigenvalue weighted by molar-refractivity contribution is 5.59. The Kier molecular flexibility index (Phi) is 2.52. The van der Waals surface area contributed by atoms with Gasteiger partial charge in [0.2, 0.25) is 5.82 Å². The number of aromatic nitrogens is 4. The number of hydrogen-bond donors (Lipinski definition) is 2. The second-order valence-corrected chi connectivity index (χ2v) is 4.15. The van der Waals surface area contributed by atoms with Crippen molar-refractivity contribution in [1.29, 1.82) is 0 Å². The first kappa shape index (κ1) is 11.4. The van der Waals surface area contributed by atoms with Crippen molar-refractivity contribution in [1.82, 2.24) is 20.3 Å². The van der Waals surface area contributed by atoms with Crippen LogP contribution < -0.4 is 5.73 Å². The summed E-state index contributed by atoms with van der Waals surface area (Å²) < 4.78 is 18.4. The van der Waals surface area contributed by atoms with Gasteiger partial charge in [0.25, 0.3) is 5.89 Å². The summed E-state index contributed by atoms with van der Waals surface area (Å²) in [6, 6.07) is 6.14. The number of nitrogens with one attached hydrogen (secondary N) is 1. The van der Waals surface area contributed by atoms with Crippen LogP contribution in [0.2, 0.25) is 0 Å². The molecule has 96 valence electrons. The number of H-pyrrole nitrogens is 1. The molecule has 0 unspecified atom stereocenters. The zero-order chi connectivity index (χ0) is 13.4. The molecule has 3 N–H and O–H groups in total. The Labute approximate surface area is 107 Å². The van der Waals surface area contributed by atoms with Crippen LogP contribution in [0.1, 0.15) is 5.56 Å². The van der Waals surface area contributed by atoms with E-state index in [1.807, 2.05) is 0 Å². The molecule has 0 saturated heterocycles. The molecule has 6 nitrogen and oxygen atoms in total. The average molecular weight is 259 g/mol. The Morgan fingerprint density at radius 2 is 2.11 bits per heavy atom. The van der Waals surface area contributed by atoms with E-state index in [2.05, 4.69) is 20.3 Å². The Bertz CT molecular complexity index is 713. The average Bonchev–Trinajstić information content (AvgIpc) is 2.95. The molecule has 0 saturated carbocycles. The lowest BCUT2D eigenvalue weighted by molar-refractivity contribution is 0.431. The lowest BCUT2D eigenvalue weighted by Gasteiger charge is -1.97. The van der Waals surface area contributed by atoms with Gasteiger partial charge in [0.1, 0.15) is 17.3 Å². The predicted molar refractivity (Wildman–Crippen MR) is 66.4 cm³/mol. The van der Waals surface area contributed by atoms with Crippen molar-refractivity contribution in [2.45, 2.75) is 6.92 Å². The van der Waals surface area contributed by atoms with Crippen LogP contribution >= 0.6 is 0 Å². The standard InChI is InChI=1S/C12H10FN5O/c1-6-2-7(4-8(13)3-6)11-15-12(19-18-11)9-5-10(14)17-16-9/h2-5H,1H3,(H3,14,16,17). The summed E-state index contributed by atoms with van der Waals surface area (Å²) in [5.41, 5.74) is 7.35. The SMILES string of the molecule is Cc1cc(F)cc(-c2noc(-c3cc(N)n[nH]3)n2)c1. The molecular weight excluding hydrogens is 249 g/mol. The third-order valence-electron chi connectivity index (χ3n) is 2.55. The molecule has 0 aliphatic rings. The topological polar surface area (TPSA) is 93.6 Å². The van der Waals surface area contributed by atoms with Crippen LogP contribution in [0.15, 0.2) is 28.8 Å². The van der Waals surface area contributed by atoms with Gasteiger partial charge in [-0.05, 0) is 30.7 Å². The fourth-order valence-electron chi connectivity index (χ4n) is 1.76. The molecule has 0 radical (unpaired) electrons. The molecule has 0 fully saturated rings. The molecule has 3 aromatic rings. The minimum Gasteiger partial charge on any atom is -0.382 e. The van der Waals surface area contributed by atoms with Gasteiger partial charge in [0.05, 0.1) is 0 Å². The molecule has 2 heterocycles. The molecule has 0 bridgehead atoms. The molecule has 7 heteroatoms. The van der Waals surface area contributed by atoms with Crippen molar-refractivity contribution in [3.63, 3.8) is 0 Å². The van der Waals surface area contributed by atoms with Gasteiger partial charge in [-0.25, -0.2) is 4.39 Å². The number of anilines is 1. The molecule has 1 aromatic carbocycles. The number of aromatic amines is 1. The van der Waals surface area contributed by atoms with E-state index in [4.69, 9.17) is 10.3 Å². The first-order valence-electron chi connectivity index (χ1n) is 5.54. The van der Waals surface area contributed by atoms with Crippen molar-refractivity contribution < 1.29 is 8.91 Å². The van der Waals surface area contributed by atoms with Gasteiger partial charge in [-0.2, -0.15) is 10.1 Å². The first-order chi connectivity index (χ1) is 9.11. The lowest BCUT2D eigenvalue weighted by atomic mass is 10.1. The van der Waals surface area contributed by atoms with E-state index in [0.29, 0.717) is 22.9 Å². The van der Waals surface area contributed by atoms with Crippen molar-refractivity contribution in [3.8, 4) is 23.0 Å². The van der Waals surface area contributed by atoms with Gasteiger partial charge < -0.3 is 10.3 Å². The van der Waals surface area contributed by atoms with Crippen LogP contribution in [0.25, 0.3) is 23.0 Å². The number of nitrogens with zero attached hydrogens (tertiary/aromatic N) is 3. The summed E-state index contributed by atoms with van der Waals surface area (Å²) in [6.45, 7) is 1.79. The van der Waals surface area contributed by atoms with Crippen LogP contribution in [0.5, 0.6) is 0 Å². The van der Waals surface area contributed by atoms with Crippen molar-refractivity contribution in [2.24, 2.45) is 0 Å². The van der Waals surface area contributed by atoms with Crippen LogP contribution in [-0.2, 0) is 0 Å². The van der Waals surface area contributed by atoms with E-state index in [9.17, 15) is 4.39 Å². The number of nitrogen functional groups attached to an aromatic ring is 1. The number of halogens is 1. The van der Waals surface area contributed by atoms with Gasteiger partial charge in [0, 0.05) is 11.6 Å². The van der Waals surface area contributed by atoms with Crippen LogP contribution in [-0.4, -0.2) is 20.3 Å². The highest BCUT2D eigenvalue weighted by Gasteiger charge is 2.13. The highest BCUT2D eigenvalue weighted by atomic mass is 19.1. The second kappa shape index (κ2) is 4.20. The second-order valence-electron chi connectivity index (χ2n) is 4.15. The minimum atomic E-state index is -0.341. The van der Waals surface area contributed by atoms with E-state index >= 15 is 0 Å². The maximum Gasteiger partial charge on any atom is 0.276 e. The van der Waals surface area contributed by atoms with Gasteiger partial charge >= 0.3 is 0 Å². The fraction of sp³-hybridized carbons (Fsp3) is 0.0833. The van der Waals surface area contributed by atoms with Gasteiger partial charge in [-0.3, -0.25) is 5.10 Å². The van der Waals surface area contributed by atoms with Crippen LogP contribution in [0.3, 0.4) is 0 Å². The Hall–Kier alpha value is -2.70. The smallest absolute Gasteiger partial charge is 0.276 e. The fourth-order valence-corrected chi connectivity index (χ4v) is 1.76. The van der Waals surface area contributed by atoms with E-state index in [0.717, 1.165) is 5.56 Å². The van der Waals surface area contributed by atoms with E-state index < -0.39 is 0 Å². The zero-order valence-corrected chi connectivity index (χ0v) is 10.0. The predicted octanol–water partition coefficient (Wildman–Crippen LogP) is 2.16. The first-order valence-corrected chi connectivity index (χ1v) is 5.54. The number of nitrogens with two attached hydrogens (primary N) is 1. The summed E-state index contributed by atoms with van der Waals surface area (Å²) in [7, 11) is 0. The molecule has 0 aliphatic heterocycles. The quantitative estimate of drug-likeness (QED) is 0.735. The third-order valence-corrected chi connectivity index (χ3v) is 2.55. The molecule has 2 aromatic heterocycles. The molecule has 0 aliphatic carbocycles. The van der Waals surface area contributed by atoms with Gasteiger partial charge in [-0.1, -0.05) is 5.16 Å². The summed E-state index contributed by atoms with van der Waals surface area (Å²) in [4.78, 5) is 4.18. The third kappa shape index (κ3) is 2.17. The van der Waals surface area contributed by atoms with Crippen molar-refractivity contribution in [3.05, 3.63) is 35.6 Å². The lowest BCUT2D eigenvalue weighted by Crippen LogP contribution is -1.85. The van der Waals surface area contributed by atoms with Crippen molar-refractivity contribution >= 4 is 5.82 Å². The molecule has 0 atom stereocenters. The summed E-state index contributed by atoms with van der Waals surface area (Å²) >= 11 is 0. The minimum absolute atomic E-state index is 0.251. The van der Waals surface area contributed by atoms with Crippen LogP contribution in [0.4, 0.5) is 10.2 Å². The van der Waals surface area contributed by atoms with Crippen molar-refractivity contribution in [2.75, 3.05) is 5.73 Å². The Morgan fingerprint density at radius 1 is 1.26 bits per heavy atom. The maximum atomic E-state index is 13.3. The maximum absolute atomic E-state index is 13.3. The van der Waals surface area contributed by atoms with Gasteiger partial charge in [-0.15, -0.1) is 0 Å². The molecule has 3 rings (SSSR count). The zero-order valence-electron chi connectivity index (χ0n) is 10.0. The molecule has 0 spiro atoms. The number of hydrogen-bond acceptors (Lipinski definition) is 5. The van der Waals surface area contributed by atoms with Gasteiger partial charge in [0.15, 0.2) is 0 Å². The normalized spacial score (nSPS) is 10.8. The van der Waals surface area contributed by atoms with E-state index in [-0.39, 0.29) is 11.7 Å². The monoisotopic (exact) mass is 259 g/mol. The largest absolute Gasteiger partial charge is 0.382 e. The molecule has 19 heavy (non-hydrogen) atoms. The summed E-state index contributed by atoms with van der Waals surface area (Å²) in [6.07, 6.45) is 0. The molecular formula is C12H10FN5O.